The Bertz CT molecular complexity index is 3140. The lowest BCUT2D eigenvalue weighted by molar-refractivity contribution is 0.666. The summed E-state index contributed by atoms with van der Waals surface area (Å²) in [5.74, 6) is 0. The molecule has 0 radical (unpaired) electrons. The number of nitrogens with zero attached hydrogens (tertiary/aromatic N) is 2. The van der Waals surface area contributed by atoms with Crippen molar-refractivity contribution in [3.05, 3.63) is 144 Å². The highest BCUT2D eigenvalue weighted by Crippen LogP contribution is 2.58. The van der Waals surface area contributed by atoms with E-state index in [-0.39, 0.29) is 10.8 Å². The number of fused-ring (bicyclic) bond motifs is 20. The van der Waals surface area contributed by atoms with Crippen molar-refractivity contribution in [2.24, 2.45) is 0 Å². The Balaban J connectivity index is 1.28. The first kappa shape index (κ1) is 26.1. The van der Waals surface area contributed by atoms with Gasteiger partial charge in [0.1, 0.15) is 0 Å². The molecule has 0 saturated heterocycles. The minimum absolute atomic E-state index is 0.0883. The molecule has 0 amide bonds. The van der Waals surface area contributed by atoms with Gasteiger partial charge in [-0.05, 0) is 80.9 Å². The van der Waals surface area contributed by atoms with Gasteiger partial charge in [0.2, 0.25) is 0 Å². The van der Waals surface area contributed by atoms with Crippen LogP contribution in [0, 0.1) is 0 Å². The molecule has 13 rings (SSSR count). The minimum atomic E-state index is -0.0883. The molecule has 0 unspecified atom stereocenters. The number of hydrogen-bond acceptors (Lipinski definition) is 0. The summed E-state index contributed by atoms with van der Waals surface area (Å²) in [6, 6.07) is 46.4. The zero-order valence-corrected chi connectivity index (χ0v) is 28.4. The van der Waals surface area contributed by atoms with Gasteiger partial charge in [-0.25, -0.2) is 0 Å². The van der Waals surface area contributed by atoms with Gasteiger partial charge in [-0.1, -0.05) is 113 Å². The molecule has 7 aromatic carbocycles. The molecule has 2 aliphatic carbocycles. The lowest BCUT2D eigenvalue weighted by Crippen LogP contribution is -2.15. The normalized spacial score (nSPS) is 15.9. The summed E-state index contributed by atoms with van der Waals surface area (Å²) in [4.78, 5) is 0. The van der Waals surface area contributed by atoms with Gasteiger partial charge in [0.05, 0.1) is 33.1 Å². The number of hydrogen-bond donors (Lipinski definition) is 0. The third kappa shape index (κ3) is 2.58. The molecular weight excluding hydrogens is 605 g/mol. The average Bonchev–Trinajstić information content (AvgIpc) is 3.93. The van der Waals surface area contributed by atoms with Gasteiger partial charge < -0.3 is 8.80 Å². The monoisotopic (exact) mass is 636 g/mol. The SMILES string of the molecule is CC1(C)c2ccccc2-c2cc3c4cc5c(cc4n4c6ccccc6c(c21)c34)c1cc2c(c3c4ccccc4n5c13)C(C)(C)c1ccccc1-2. The Hall–Kier alpha value is -5.86. The zero-order chi connectivity index (χ0) is 33.0. The molecule has 50 heavy (non-hydrogen) atoms. The Labute approximate surface area is 288 Å². The van der Waals surface area contributed by atoms with Crippen LogP contribution in [0.5, 0.6) is 0 Å². The van der Waals surface area contributed by atoms with Crippen molar-refractivity contribution < 1.29 is 0 Å². The van der Waals surface area contributed by atoms with Crippen molar-refractivity contribution in [1.82, 2.24) is 8.80 Å². The van der Waals surface area contributed by atoms with Crippen LogP contribution in [0.1, 0.15) is 49.9 Å². The number of para-hydroxylation sites is 2. The highest BCUT2D eigenvalue weighted by atomic mass is 14.9. The van der Waals surface area contributed by atoms with Crippen molar-refractivity contribution in [2.75, 3.05) is 0 Å². The molecule has 2 aliphatic rings. The fraction of sp³-hybridized carbons (Fsp3) is 0.125. The highest BCUT2D eigenvalue weighted by Gasteiger charge is 2.41. The lowest BCUT2D eigenvalue weighted by atomic mass is 9.80. The van der Waals surface area contributed by atoms with E-state index in [4.69, 9.17) is 0 Å². The molecular formula is C48H32N2. The molecule has 0 bridgehead atoms. The van der Waals surface area contributed by atoms with E-state index >= 15 is 0 Å². The van der Waals surface area contributed by atoms with Gasteiger partial charge in [0, 0.05) is 53.9 Å². The second-order valence-corrected chi connectivity index (χ2v) is 16.1. The van der Waals surface area contributed by atoms with Crippen LogP contribution in [0.3, 0.4) is 0 Å². The molecule has 0 fully saturated rings. The molecule has 0 saturated carbocycles. The van der Waals surface area contributed by atoms with Gasteiger partial charge in [0.15, 0.2) is 0 Å². The first-order valence-corrected chi connectivity index (χ1v) is 18.0. The maximum absolute atomic E-state index is 2.59. The summed E-state index contributed by atoms with van der Waals surface area (Å²) in [5.41, 5.74) is 19.0. The Kier molecular flexibility index (Phi) is 4.15. The van der Waals surface area contributed by atoms with Gasteiger partial charge in [0.25, 0.3) is 0 Å². The summed E-state index contributed by atoms with van der Waals surface area (Å²) >= 11 is 0. The van der Waals surface area contributed by atoms with Gasteiger partial charge in [-0.2, -0.15) is 0 Å². The number of benzene rings is 7. The summed E-state index contributed by atoms with van der Waals surface area (Å²) < 4.78 is 5.17. The lowest BCUT2D eigenvalue weighted by Gasteiger charge is -2.22. The standard InChI is InChI=1S/C48H32N2/c1-47(2)35-17-9-5-13-25(35)31-21-33-29-23-40-30(24-39(29)49-37-19-11-7-15-27(37)41(43(31)47)45(33)49)34-22-32-26-14-6-10-18-36(26)48(3,4)44(32)42-28-16-8-12-20-38(28)50(40)46(34)42/h5-24H,1-4H3. The number of rotatable bonds is 0. The second-order valence-electron chi connectivity index (χ2n) is 16.1. The van der Waals surface area contributed by atoms with E-state index in [1.54, 1.807) is 0 Å². The van der Waals surface area contributed by atoms with Crippen molar-refractivity contribution in [3.8, 4) is 22.3 Å². The van der Waals surface area contributed by atoms with E-state index in [0.29, 0.717) is 0 Å². The zero-order valence-electron chi connectivity index (χ0n) is 28.4. The van der Waals surface area contributed by atoms with Gasteiger partial charge in [-0.3, -0.25) is 0 Å². The molecule has 11 aromatic rings. The topological polar surface area (TPSA) is 8.82 Å². The van der Waals surface area contributed by atoms with Crippen LogP contribution in [0.15, 0.2) is 121 Å². The van der Waals surface area contributed by atoms with Crippen LogP contribution in [0.25, 0.3) is 98.4 Å². The summed E-state index contributed by atoms with van der Waals surface area (Å²) in [5, 5.41) is 10.9. The molecule has 0 atom stereocenters. The van der Waals surface area contributed by atoms with Crippen LogP contribution >= 0.6 is 0 Å². The van der Waals surface area contributed by atoms with Crippen LogP contribution in [0.2, 0.25) is 0 Å². The van der Waals surface area contributed by atoms with Gasteiger partial charge in [-0.15, -0.1) is 0 Å². The number of aromatic nitrogens is 2. The molecule has 0 N–H and O–H groups in total. The van der Waals surface area contributed by atoms with E-state index in [0.717, 1.165) is 0 Å². The Morgan fingerprint density at radius 3 is 1.22 bits per heavy atom. The maximum Gasteiger partial charge on any atom is 0.0624 e. The molecule has 234 valence electrons. The van der Waals surface area contributed by atoms with E-state index in [1.165, 1.54) is 121 Å². The van der Waals surface area contributed by atoms with Gasteiger partial charge >= 0.3 is 0 Å². The first-order chi connectivity index (χ1) is 24.4. The average molecular weight is 637 g/mol. The quantitative estimate of drug-likeness (QED) is 0.157. The van der Waals surface area contributed by atoms with Crippen molar-refractivity contribution in [2.45, 2.75) is 38.5 Å². The fourth-order valence-electron chi connectivity index (χ4n) is 11.1. The predicted octanol–water partition coefficient (Wildman–Crippen LogP) is 12.6. The largest absolute Gasteiger partial charge is 0.308 e. The molecule has 2 nitrogen and oxygen atoms in total. The molecule has 4 aromatic heterocycles. The second kappa shape index (κ2) is 7.95. The maximum atomic E-state index is 2.59. The smallest absolute Gasteiger partial charge is 0.0624 e. The highest BCUT2D eigenvalue weighted by molar-refractivity contribution is 6.31. The van der Waals surface area contributed by atoms with E-state index in [9.17, 15) is 0 Å². The fourth-order valence-corrected chi connectivity index (χ4v) is 11.1. The van der Waals surface area contributed by atoms with Crippen LogP contribution in [-0.4, -0.2) is 8.80 Å². The molecule has 4 heterocycles. The minimum Gasteiger partial charge on any atom is -0.308 e. The van der Waals surface area contributed by atoms with Crippen LogP contribution in [0.4, 0.5) is 0 Å². The predicted molar refractivity (Wildman–Crippen MR) is 211 cm³/mol. The van der Waals surface area contributed by atoms with E-state index in [2.05, 4.69) is 158 Å². The molecule has 2 heteroatoms. The Morgan fingerprint density at radius 2 is 0.760 bits per heavy atom. The van der Waals surface area contributed by atoms with Crippen molar-refractivity contribution in [3.63, 3.8) is 0 Å². The third-order valence-electron chi connectivity index (χ3n) is 13.1. The van der Waals surface area contributed by atoms with Crippen molar-refractivity contribution >= 4 is 76.2 Å². The van der Waals surface area contributed by atoms with E-state index < -0.39 is 0 Å². The first-order valence-electron chi connectivity index (χ1n) is 18.0. The molecule has 0 aliphatic heterocycles. The Morgan fingerprint density at radius 1 is 0.360 bits per heavy atom. The molecule has 0 spiro atoms. The summed E-state index contributed by atoms with van der Waals surface area (Å²) in [6.45, 7) is 9.67. The third-order valence-corrected chi connectivity index (χ3v) is 13.1. The van der Waals surface area contributed by atoms with Crippen LogP contribution < -0.4 is 0 Å². The van der Waals surface area contributed by atoms with E-state index in [1.807, 2.05) is 0 Å². The summed E-state index contributed by atoms with van der Waals surface area (Å²) in [6.07, 6.45) is 0. The van der Waals surface area contributed by atoms with Crippen LogP contribution in [-0.2, 0) is 10.8 Å². The summed E-state index contributed by atoms with van der Waals surface area (Å²) in [7, 11) is 0. The van der Waals surface area contributed by atoms with Crippen molar-refractivity contribution in [1.29, 1.82) is 0 Å².